The largest absolute Gasteiger partial charge is 0.490 e. The van der Waals surface area contributed by atoms with Gasteiger partial charge in [-0.3, -0.25) is 4.99 Å². The monoisotopic (exact) mass is 487 g/mol. The molecule has 6 nitrogen and oxygen atoms in total. The van der Waals surface area contributed by atoms with Crippen molar-refractivity contribution in [2.45, 2.75) is 65.2 Å². The average Bonchev–Trinajstić information content (AvgIpc) is 3.08. The SMILES string of the molecule is CCOc1cc2c(c3c1OC(C)(C)C3)C(c1ccc(COCC(=O)OC)cc1)=NC(C)(C)C2.Cl. The lowest BCUT2D eigenvalue weighted by Crippen LogP contribution is -2.30. The Kier molecular flexibility index (Phi) is 7.63. The lowest BCUT2D eigenvalue weighted by atomic mass is 9.81. The van der Waals surface area contributed by atoms with Crippen LogP contribution >= 0.6 is 12.4 Å². The predicted octanol–water partition coefficient (Wildman–Crippen LogP) is 5.08. The summed E-state index contributed by atoms with van der Waals surface area (Å²) < 4.78 is 22.4. The van der Waals surface area contributed by atoms with E-state index in [4.69, 9.17) is 19.2 Å². The highest BCUT2D eigenvalue weighted by Crippen LogP contribution is 2.48. The summed E-state index contributed by atoms with van der Waals surface area (Å²) >= 11 is 0. The van der Waals surface area contributed by atoms with Crippen LogP contribution in [0.25, 0.3) is 0 Å². The van der Waals surface area contributed by atoms with Crippen molar-refractivity contribution < 1.29 is 23.7 Å². The maximum absolute atomic E-state index is 11.3. The van der Waals surface area contributed by atoms with Crippen molar-refractivity contribution in [1.29, 1.82) is 0 Å². The Balaban J connectivity index is 0.00000324. The van der Waals surface area contributed by atoms with E-state index in [1.165, 1.54) is 23.8 Å². The van der Waals surface area contributed by atoms with Crippen molar-refractivity contribution in [1.82, 2.24) is 0 Å². The number of carbonyl (C=O) groups excluding carboxylic acids is 1. The Labute approximate surface area is 208 Å². The van der Waals surface area contributed by atoms with Crippen LogP contribution in [0.4, 0.5) is 0 Å². The number of hydrogen-bond donors (Lipinski definition) is 0. The van der Waals surface area contributed by atoms with Crippen LogP contribution < -0.4 is 9.47 Å². The molecule has 7 heteroatoms. The molecule has 0 fully saturated rings. The van der Waals surface area contributed by atoms with E-state index >= 15 is 0 Å². The van der Waals surface area contributed by atoms with Crippen molar-refractivity contribution in [3.05, 3.63) is 58.1 Å². The van der Waals surface area contributed by atoms with Crippen LogP contribution in [-0.2, 0) is 33.7 Å². The van der Waals surface area contributed by atoms with Gasteiger partial charge >= 0.3 is 5.97 Å². The fourth-order valence-corrected chi connectivity index (χ4v) is 4.61. The summed E-state index contributed by atoms with van der Waals surface area (Å²) in [7, 11) is 1.35. The molecule has 0 bridgehead atoms. The van der Waals surface area contributed by atoms with Crippen LogP contribution in [-0.4, -0.2) is 43.1 Å². The van der Waals surface area contributed by atoms with E-state index in [1.54, 1.807) is 0 Å². The minimum absolute atomic E-state index is 0. The van der Waals surface area contributed by atoms with Crippen LogP contribution in [0.3, 0.4) is 0 Å². The maximum Gasteiger partial charge on any atom is 0.331 e. The topological polar surface area (TPSA) is 66.4 Å². The summed E-state index contributed by atoms with van der Waals surface area (Å²) in [5.41, 5.74) is 6.12. The molecule has 0 aromatic heterocycles. The molecule has 184 valence electrons. The third-order valence-electron chi connectivity index (χ3n) is 5.92. The summed E-state index contributed by atoms with van der Waals surface area (Å²) in [6.07, 6.45) is 1.66. The van der Waals surface area contributed by atoms with Crippen LogP contribution in [0.5, 0.6) is 11.5 Å². The normalized spacial score (nSPS) is 16.9. The van der Waals surface area contributed by atoms with E-state index in [-0.39, 0.29) is 36.1 Å². The highest BCUT2D eigenvalue weighted by atomic mass is 35.5. The highest BCUT2D eigenvalue weighted by molar-refractivity contribution is 6.16. The van der Waals surface area contributed by atoms with Gasteiger partial charge in [0.25, 0.3) is 0 Å². The first-order valence-electron chi connectivity index (χ1n) is 11.5. The number of methoxy groups -OCH3 is 1. The molecule has 0 spiro atoms. The molecule has 0 N–H and O–H groups in total. The van der Waals surface area contributed by atoms with Crippen LogP contribution in [0.2, 0.25) is 0 Å². The maximum atomic E-state index is 11.3. The van der Waals surface area contributed by atoms with E-state index in [0.29, 0.717) is 13.2 Å². The molecule has 0 saturated carbocycles. The Hall–Kier alpha value is -2.57. The van der Waals surface area contributed by atoms with Gasteiger partial charge in [-0.15, -0.1) is 12.4 Å². The van der Waals surface area contributed by atoms with E-state index in [9.17, 15) is 4.79 Å². The molecule has 0 amide bonds. The van der Waals surface area contributed by atoms with Crippen molar-refractivity contribution >= 4 is 24.1 Å². The smallest absolute Gasteiger partial charge is 0.331 e. The molecule has 2 aliphatic heterocycles. The number of nitrogens with zero attached hydrogens (tertiary/aromatic N) is 1. The first-order chi connectivity index (χ1) is 15.6. The minimum Gasteiger partial charge on any atom is -0.490 e. The molecule has 0 saturated heterocycles. The molecular weight excluding hydrogens is 454 g/mol. The van der Waals surface area contributed by atoms with Gasteiger partial charge in [-0.05, 0) is 58.2 Å². The van der Waals surface area contributed by atoms with Gasteiger partial charge in [0.2, 0.25) is 0 Å². The van der Waals surface area contributed by atoms with E-state index < -0.39 is 0 Å². The Morgan fingerprint density at radius 1 is 1.12 bits per heavy atom. The first-order valence-corrected chi connectivity index (χ1v) is 11.5. The van der Waals surface area contributed by atoms with Crippen molar-refractivity contribution in [3.8, 4) is 11.5 Å². The van der Waals surface area contributed by atoms with Crippen molar-refractivity contribution in [3.63, 3.8) is 0 Å². The number of fused-ring (bicyclic) bond motifs is 3. The Morgan fingerprint density at radius 3 is 2.47 bits per heavy atom. The molecule has 0 unspecified atom stereocenters. The molecular formula is C27H34ClNO5. The van der Waals surface area contributed by atoms with E-state index in [2.05, 4.69) is 50.6 Å². The van der Waals surface area contributed by atoms with Gasteiger partial charge in [-0.1, -0.05) is 24.3 Å². The number of carbonyl (C=O) groups is 1. The Morgan fingerprint density at radius 2 is 1.82 bits per heavy atom. The molecule has 2 aromatic rings. The van der Waals surface area contributed by atoms with Crippen LogP contribution in [0, 0.1) is 0 Å². The van der Waals surface area contributed by atoms with Gasteiger partial charge in [-0.2, -0.15) is 0 Å². The fourth-order valence-electron chi connectivity index (χ4n) is 4.61. The molecule has 0 radical (unpaired) electrons. The van der Waals surface area contributed by atoms with Crippen LogP contribution in [0.15, 0.2) is 35.3 Å². The van der Waals surface area contributed by atoms with Crippen LogP contribution in [0.1, 0.15) is 62.4 Å². The highest BCUT2D eigenvalue weighted by Gasteiger charge is 2.39. The number of halogens is 1. The van der Waals surface area contributed by atoms with Crippen molar-refractivity contribution in [2.24, 2.45) is 4.99 Å². The van der Waals surface area contributed by atoms with E-state index in [1.807, 2.05) is 19.1 Å². The second-order valence-corrected chi connectivity index (χ2v) is 9.90. The molecule has 34 heavy (non-hydrogen) atoms. The molecule has 2 aliphatic rings. The summed E-state index contributed by atoms with van der Waals surface area (Å²) in [5.74, 6) is 1.29. The molecule has 2 heterocycles. The van der Waals surface area contributed by atoms with Gasteiger partial charge in [0, 0.05) is 23.1 Å². The Bertz CT molecular complexity index is 1090. The lowest BCUT2D eigenvalue weighted by molar-refractivity contribution is -0.146. The van der Waals surface area contributed by atoms with Crippen molar-refractivity contribution in [2.75, 3.05) is 20.3 Å². The third-order valence-corrected chi connectivity index (χ3v) is 5.92. The third kappa shape index (κ3) is 5.39. The number of ether oxygens (including phenoxy) is 4. The summed E-state index contributed by atoms with van der Waals surface area (Å²) in [6, 6.07) is 10.3. The quantitative estimate of drug-likeness (QED) is 0.509. The fraction of sp³-hybridized carbons (Fsp3) is 0.481. The predicted molar refractivity (Wildman–Crippen MR) is 135 cm³/mol. The van der Waals surface area contributed by atoms with Gasteiger partial charge in [0.1, 0.15) is 12.2 Å². The molecule has 2 aromatic carbocycles. The molecule has 4 rings (SSSR count). The zero-order valence-electron chi connectivity index (χ0n) is 20.8. The molecule has 0 aliphatic carbocycles. The first kappa shape index (κ1) is 26.0. The van der Waals surface area contributed by atoms with Gasteiger partial charge in [0.05, 0.1) is 31.6 Å². The molecule has 0 atom stereocenters. The second-order valence-electron chi connectivity index (χ2n) is 9.90. The van der Waals surface area contributed by atoms with Gasteiger partial charge in [-0.25, -0.2) is 4.79 Å². The lowest BCUT2D eigenvalue weighted by Gasteiger charge is -2.31. The number of hydrogen-bond acceptors (Lipinski definition) is 6. The number of benzene rings is 2. The summed E-state index contributed by atoms with van der Waals surface area (Å²) in [5, 5.41) is 0. The minimum atomic E-state index is -0.382. The zero-order chi connectivity index (χ0) is 23.8. The second kappa shape index (κ2) is 9.96. The van der Waals surface area contributed by atoms with Gasteiger partial charge in [0.15, 0.2) is 11.5 Å². The average molecular weight is 488 g/mol. The summed E-state index contributed by atoms with van der Waals surface area (Å²) in [6.45, 7) is 11.4. The number of rotatable bonds is 7. The van der Waals surface area contributed by atoms with Gasteiger partial charge < -0.3 is 18.9 Å². The summed E-state index contributed by atoms with van der Waals surface area (Å²) in [4.78, 5) is 16.4. The number of esters is 1. The van der Waals surface area contributed by atoms with E-state index in [0.717, 1.165) is 41.2 Å². The number of aliphatic imine (C=N–C) groups is 1. The standard InChI is InChI=1S/C27H33NO5.ClH/c1-7-32-21-12-19-13-26(2,3)28-24(23(19)20-14-27(4,5)33-25(20)21)18-10-8-17(9-11-18)15-31-16-22(29)30-6;/h8-12H,7,13-16H2,1-6H3;1H. The zero-order valence-corrected chi connectivity index (χ0v) is 21.6.